The van der Waals surface area contributed by atoms with Crippen LogP contribution < -0.4 is 4.74 Å². The molecule has 4 rings (SSSR count). The van der Waals surface area contributed by atoms with Gasteiger partial charge in [0, 0.05) is 19.6 Å². The van der Waals surface area contributed by atoms with Crippen molar-refractivity contribution >= 4 is 11.0 Å². The minimum atomic E-state index is 0.678. The molecule has 0 bridgehead atoms. The molecule has 3 aromatic rings. The molecule has 1 saturated heterocycles. The summed E-state index contributed by atoms with van der Waals surface area (Å²) in [6.07, 6.45) is 3.67. The van der Waals surface area contributed by atoms with Crippen molar-refractivity contribution in [1.82, 2.24) is 14.5 Å². The third-order valence-electron chi connectivity index (χ3n) is 5.32. The van der Waals surface area contributed by atoms with Gasteiger partial charge in [-0.1, -0.05) is 36.4 Å². The summed E-state index contributed by atoms with van der Waals surface area (Å²) in [5, 5.41) is 0. The maximum Gasteiger partial charge on any atom is 0.124 e. The highest BCUT2D eigenvalue weighted by Crippen LogP contribution is 2.21. The van der Waals surface area contributed by atoms with E-state index >= 15 is 0 Å². The highest BCUT2D eigenvalue weighted by molar-refractivity contribution is 5.75. The Bertz CT molecular complexity index is 944. The number of hydrogen-bond acceptors (Lipinski definition) is 4. The fraction of sp³-hybridized carbons (Fsp3) is 0.375. The molecule has 0 N–H and O–H groups in total. The van der Waals surface area contributed by atoms with Crippen molar-refractivity contribution < 1.29 is 9.47 Å². The molecule has 1 aromatic heterocycles. The first-order valence-corrected chi connectivity index (χ1v) is 10.4. The SMILES string of the molecule is C=CCc1ccccc1OCCCn1c(CN2CCOCC2)nc2ccccc21. The van der Waals surface area contributed by atoms with Crippen molar-refractivity contribution in [2.75, 3.05) is 32.9 Å². The van der Waals surface area contributed by atoms with Gasteiger partial charge in [0.2, 0.25) is 0 Å². The second kappa shape index (κ2) is 9.72. The first kappa shape index (κ1) is 19.7. The Morgan fingerprint density at radius 2 is 1.86 bits per heavy atom. The molecule has 2 heterocycles. The standard InChI is InChI=1S/C24H29N3O2/c1-2-8-20-9-3-6-12-23(20)29-16-7-13-27-22-11-5-4-10-21(22)25-24(27)19-26-14-17-28-18-15-26/h2-6,9-12H,1,7-8,13-19H2. The van der Waals surface area contributed by atoms with Crippen LogP contribution >= 0.6 is 0 Å². The lowest BCUT2D eigenvalue weighted by Gasteiger charge is -2.26. The van der Waals surface area contributed by atoms with E-state index < -0.39 is 0 Å². The fourth-order valence-corrected chi connectivity index (χ4v) is 3.83. The summed E-state index contributed by atoms with van der Waals surface area (Å²) in [5.41, 5.74) is 3.44. The lowest BCUT2D eigenvalue weighted by Crippen LogP contribution is -2.36. The summed E-state index contributed by atoms with van der Waals surface area (Å²) in [5.74, 6) is 2.08. The van der Waals surface area contributed by atoms with Gasteiger partial charge in [0.1, 0.15) is 11.6 Å². The Labute approximate surface area is 172 Å². The molecule has 1 aliphatic heterocycles. The van der Waals surface area contributed by atoms with E-state index in [1.54, 1.807) is 0 Å². The van der Waals surface area contributed by atoms with E-state index in [9.17, 15) is 0 Å². The Kier molecular flexibility index (Phi) is 6.60. The van der Waals surface area contributed by atoms with Crippen LogP contribution in [0.3, 0.4) is 0 Å². The highest BCUT2D eigenvalue weighted by Gasteiger charge is 2.16. The molecule has 0 amide bonds. The predicted molar refractivity (Wildman–Crippen MR) is 116 cm³/mol. The Morgan fingerprint density at radius 3 is 2.72 bits per heavy atom. The molecule has 0 radical (unpaired) electrons. The summed E-state index contributed by atoms with van der Waals surface area (Å²) in [6, 6.07) is 16.6. The Hall–Kier alpha value is -2.63. The van der Waals surface area contributed by atoms with Gasteiger partial charge < -0.3 is 14.0 Å². The van der Waals surface area contributed by atoms with E-state index in [-0.39, 0.29) is 0 Å². The van der Waals surface area contributed by atoms with E-state index in [0.29, 0.717) is 6.61 Å². The van der Waals surface area contributed by atoms with Crippen LogP contribution in [-0.2, 0) is 24.2 Å². The molecule has 1 aliphatic rings. The summed E-state index contributed by atoms with van der Waals surface area (Å²) in [4.78, 5) is 7.33. The second-order valence-corrected chi connectivity index (χ2v) is 7.36. The van der Waals surface area contributed by atoms with E-state index in [2.05, 4.69) is 46.4 Å². The van der Waals surface area contributed by atoms with Crippen molar-refractivity contribution in [3.05, 3.63) is 72.6 Å². The third kappa shape index (κ3) is 4.86. The maximum atomic E-state index is 6.08. The summed E-state index contributed by atoms with van der Waals surface area (Å²) in [6.45, 7) is 9.81. The maximum absolute atomic E-state index is 6.08. The molecule has 29 heavy (non-hydrogen) atoms. The van der Waals surface area contributed by atoms with E-state index in [1.165, 1.54) is 11.1 Å². The topological polar surface area (TPSA) is 39.5 Å². The number of para-hydroxylation sites is 3. The van der Waals surface area contributed by atoms with Gasteiger partial charge in [0.15, 0.2) is 0 Å². The van der Waals surface area contributed by atoms with Gasteiger partial charge in [0.25, 0.3) is 0 Å². The second-order valence-electron chi connectivity index (χ2n) is 7.36. The third-order valence-corrected chi connectivity index (χ3v) is 5.32. The van der Waals surface area contributed by atoms with Crippen molar-refractivity contribution in [1.29, 1.82) is 0 Å². The van der Waals surface area contributed by atoms with Crippen LogP contribution in [0.5, 0.6) is 5.75 Å². The number of benzene rings is 2. The zero-order chi connectivity index (χ0) is 19.9. The molecule has 2 aromatic carbocycles. The number of rotatable bonds is 9. The van der Waals surface area contributed by atoms with E-state index in [1.807, 2.05) is 24.3 Å². The monoisotopic (exact) mass is 391 g/mol. The van der Waals surface area contributed by atoms with Crippen LogP contribution in [0.1, 0.15) is 17.8 Å². The van der Waals surface area contributed by atoms with Crippen LogP contribution in [0.15, 0.2) is 61.2 Å². The molecule has 0 saturated carbocycles. The normalized spacial score (nSPS) is 14.9. The summed E-state index contributed by atoms with van der Waals surface area (Å²) in [7, 11) is 0. The molecule has 5 nitrogen and oxygen atoms in total. The first-order chi connectivity index (χ1) is 14.3. The van der Waals surface area contributed by atoms with Gasteiger partial charge in [-0.2, -0.15) is 0 Å². The summed E-state index contributed by atoms with van der Waals surface area (Å²) >= 11 is 0. The smallest absolute Gasteiger partial charge is 0.124 e. The van der Waals surface area contributed by atoms with Gasteiger partial charge in [-0.3, -0.25) is 4.90 Å². The van der Waals surface area contributed by atoms with Crippen LogP contribution in [-0.4, -0.2) is 47.4 Å². The average Bonchev–Trinajstić information content (AvgIpc) is 3.10. The van der Waals surface area contributed by atoms with Crippen molar-refractivity contribution in [2.45, 2.75) is 25.9 Å². The number of ether oxygens (including phenoxy) is 2. The lowest BCUT2D eigenvalue weighted by molar-refractivity contribution is 0.0326. The van der Waals surface area contributed by atoms with E-state index in [4.69, 9.17) is 14.5 Å². The van der Waals surface area contributed by atoms with E-state index in [0.717, 1.165) is 69.3 Å². The fourth-order valence-electron chi connectivity index (χ4n) is 3.83. The predicted octanol–water partition coefficient (Wildman–Crippen LogP) is 4.07. The molecular weight excluding hydrogens is 362 g/mol. The molecular formula is C24H29N3O2. The number of fused-ring (bicyclic) bond motifs is 1. The first-order valence-electron chi connectivity index (χ1n) is 10.4. The lowest BCUT2D eigenvalue weighted by atomic mass is 10.1. The zero-order valence-corrected chi connectivity index (χ0v) is 16.9. The van der Waals surface area contributed by atoms with Crippen LogP contribution in [0.25, 0.3) is 11.0 Å². The van der Waals surface area contributed by atoms with Crippen molar-refractivity contribution in [2.24, 2.45) is 0 Å². The van der Waals surface area contributed by atoms with Gasteiger partial charge in [-0.25, -0.2) is 4.98 Å². The molecule has 0 atom stereocenters. The van der Waals surface area contributed by atoms with Gasteiger partial charge in [0.05, 0.1) is 37.4 Å². The quantitative estimate of drug-likeness (QED) is 0.407. The largest absolute Gasteiger partial charge is 0.493 e. The molecule has 5 heteroatoms. The van der Waals surface area contributed by atoms with Gasteiger partial charge in [-0.05, 0) is 36.6 Å². The molecule has 1 fully saturated rings. The highest BCUT2D eigenvalue weighted by atomic mass is 16.5. The minimum Gasteiger partial charge on any atom is -0.493 e. The minimum absolute atomic E-state index is 0.678. The van der Waals surface area contributed by atoms with Gasteiger partial charge >= 0.3 is 0 Å². The number of allylic oxidation sites excluding steroid dienone is 1. The Morgan fingerprint density at radius 1 is 1.07 bits per heavy atom. The number of imidazole rings is 1. The molecule has 0 unspecified atom stereocenters. The molecule has 0 aliphatic carbocycles. The van der Waals surface area contributed by atoms with Gasteiger partial charge in [-0.15, -0.1) is 6.58 Å². The number of aryl methyl sites for hydroxylation is 1. The van der Waals surface area contributed by atoms with Crippen LogP contribution in [0.4, 0.5) is 0 Å². The van der Waals surface area contributed by atoms with Crippen molar-refractivity contribution in [3.8, 4) is 5.75 Å². The number of morpholine rings is 1. The van der Waals surface area contributed by atoms with Crippen LogP contribution in [0.2, 0.25) is 0 Å². The number of aromatic nitrogens is 2. The average molecular weight is 392 g/mol. The number of hydrogen-bond donors (Lipinski definition) is 0. The number of nitrogens with zero attached hydrogens (tertiary/aromatic N) is 3. The van der Waals surface area contributed by atoms with Crippen LogP contribution in [0, 0.1) is 0 Å². The summed E-state index contributed by atoms with van der Waals surface area (Å²) < 4.78 is 13.9. The Balaban J connectivity index is 1.43. The molecule has 152 valence electrons. The molecule has 0 spiro atoms. The zero-order valence-electron chi connectivity index (χ0n) is 16.9. The van der Waals surface area contributed by atoms with Crippen molar-refractivity contribution in [3.63, 3.8) is 0 Å².